The number of nitriles is 1. The molecule has 2 aromatic carbocycles. The summed E-state index contributed by atoms with van der Waals surface area (Å²) in [5, 5.41) is 11.5. The van der Waals surface area contributed by atoms with E-state index in [-0.39, 0.29) is 24.8 Å². The molecule has 9 heteroatoms. The fourth-order valence-electron chi connectivity index (χ4n) is 4.96. The molecule has 2 aromatic heterocycles. The van der Waals surface area contributed by atoms with Crippen LogP contribution < -0.4 is 21.9 Å². The van der Waals surface area contributed by atoms with Crippen molar-refractivity contribution in [1.29, 1.82) is 5.26 Å². The Labute approximate surface area is 196 Å². The van der Waals surface area contributed by atoms with Gasteiger partial charge in [-0.1, -0.05) is 42.5 Å². The SMILES string of the molecule is CCn1c(N2CCCC(N)C2)nc2c1c(=O)n(Cc1cccc3ccccc13)c(=O)n2CC#N. The molecule has 34 heavy (non-hydrogen) atoms. The molecule has 0 bridgehead atoms. The molecule has 1 aliphatic rings. The van der Waals surface area contributed by atoms with E-state index in [1.165, 1.54) is 9.13 Å². The van der Waals surface area contributed by atoms with Gasteiger partial charge in [0.1, 0.15) is 6.54 Å². The third-order valence-corrected chi connectivity index (χ3v) is 6.59. The molecule has 0 saturated carbocycles. The van der Waals surface area contributed by atoms with Gasteiger partial charge in [0.25, 0.3) is 5.56 Å². The van der Waals surface area contributed by atoms with Crippen LogP contribution in [0.1, 0.15) is 25.3 Å². The summed E-state index contributed by atoms with van der Waals surface area (Å²) < 4.78 is 4.38. The van der Waals surface area contributed by atoms with E-state index in [2.05, 4.69) is 11.0 Å². The highest BCUT2D eigenvalue weighted by Gasteiger charge is 2.26. The molecule has 0 spiro atoms. The molecule has 1 saturated heterocycles. The average molecular weight is 458 g/mol. The van der Waals surface area contributed by atoms with Crippen molar-refractivity contribution in [3.8, 4) is 6.07 Å². The first-order valence-electron chi connectivity index (χ1n) is 11.6. The number of rotatable bonds is 5. The Kier molecular flexibility index (Phi) is 5.67. The van der Waals surface area contributed by atoms with Crippen LogP contribution in [0.3, 0.4) is 0 Å². The number of imidazole rings is 1. The third-order valence-electron chi connectivity index (χ3n) is 6.59. The van der Waals surface area contributed by atoms with Crippen LogP contribution in [0.5, 0.6) is 0 Å². The van der Waals surface area contributed by atoms with Gasteiger partial charge in [0.2, 0.25) is 5.95 Å². The largest absolute Gasteiger partial charge is 0.341 e. The maximum absolute atomic E-state index is 13.7. The Bertz CT molecular complexity index is 1530. The fraction of sp³-hybridized carbons (Fsp3) is 0.360. The van der Waals surface area contributed by atoms with Crippen LogP contribution in [-0.2, 0) is 19.6 Å². The summed E-state index contributed by atoms with van der Waals surface area (Å²) in [6.45, 7) is 3.79. The number of fused-ring (bicyclic) bond motifs is 2. The van der Waals surface area contributed by atoms with Gasteiger partial charge in [-0.05, 0) is 36.1 Å². The maximum Gasteiger partial charge on any atom is 0.333 e. The number of aryl methyl sites for hydroxylation is 1. The van der Waals surface area contributed by atoms with Crippen molar-refractivity contribution in [3.63, 3.8) is 0 Å². The molecule has 4 aromatic rings. The molecule has 1 atom stereocenters. The highest BCUT2D eigenvalue weighted by molar-refractivity contribution is 5.85. The standard InChI is InChI=1S/C25H27N7O2/c1-2-30-21-22(28-24(30)29-13-6-10-19(27)16-29)31(14-12-26)25(34)32(23(21)33)15-18-9-5-8-17-7-3-4-11-20(17)18/h3-5,7-9,11,19H,2,6,10,13-16,27H2,1H3. The van der Waals surface area contributed by atoms with Gasteiger partial charge in [0, 0.05) is 25.7 Å². The molecular formula is C25H27N7O2. The normalized spacial score (nSPS) is 16.3. The molecule has 174 valence electrons. The molecule has 2 N–H and O–H groups in total. The first-order chi connectivity index (χ1) is 16.5. The predicted octanol–water partition coefficient (Wildman–Crippen LogP) is 2.03. The average Bonchev–Trinajstić information content (AvgIpc) is 3.24. The number of hydrogen-bond acceptors (Lipinski definition) is 6. The van der Waals surface area contributed by atoms with Crippen molar-refractivity contribution < 1.29 is 0 Å². The van der Waals surface area contributed by atoms with E-state index in [0.717, 1.165) is 35.7 Å². The summed E-state index contributed by atoms with van der Waals surface area (Å²) in [5.41, 5.74) is 6.72. The minimum absolute atomic E-state index is 0.0307. The number of nitrogens with zero attached hydrogens (tertiary/aromatic N) is 6. The lowest BCUT2D eigenvalue weighted by atomic mass is 10.0. The van der Waals surface area contributed by atoms with Gasteiger partial charge in [-0.25, -0.2) is 4.79 Å². The quantitative estimate of drug-likeness (QED) is 0.490. The van der Waals surface area contributed by atoms with E-state index in [9.17, 15) is 14.9 Å². The molecule has 1 aliphatic heterocycles. The summed E-state index contributed by atoms with van der Waals surface area (Å²) >= 11 is 0. The maximum atomic E-state index is 13.7. The smallest absolute Gasteiger partial charge is 0.333 e. The molecule has 5 rings (SSSR count). The van der Waals surface area contributed by atoms with Gasteiger partial charge in [0.15, 0.2) is 11.2 Å². The first-order valence-corrected chi connectivity index (χ1v) is 11.6. The lowest BCUT2D eigenvalue weighted by Gasteiger charge is -2.31. The number of aromatic nitrogens is 4. The Morgan fingerprint density at radius 3 is 2.68 bits per heavy atom. The van der Waals surface area contributed by atoms with Gasteiger partial charge in [-0.15, -0.1) is 0 Å². The molecule has 0 amide bonds. The minimum atomic E-state index is -0.533. The minimum Gasteiger partial charge on any atom is -0.341 e. The molecule has 0 radical (unpaired) electrons. The zero-order valence-electron chi connectivity index (χ0n) is 19.1. The summed E-state index contributed by atoms with van der Waals surface area (Å²) in [6.07, 6.45) is 1.88. The molecular weight excluding hydrogens is 430 g/mol. The van der Waals surface area contributed by atoms with Crippen molar-refractivity contribution in [1.82, 2.24) is 18.7 Å². The molecule has 1 fully saturated rings. The Morgan fingerprint density at radius 1 is 1.12 bits per heavy atom. The summed E-state index contributed by atoms with van der Waals surface area (Å²) in [4.78, 5) is 34.0. The highest BCUT2D eigenvalue weighted by Crippen LogP contribution is 2.24. The topological polar surface area (TPSA) is 115 Å². The van der Waals surface area contributed by atoms with Crippen LogP contribution in [0.15, 0.2) is 52.1 Å². The van der Waals surface area contributed by atoms with Crippen LogP contribution in [0, 0.1) is 11.3 Å². The summed E-state index contributed by atoms with van der Waals surface area (Å²) in [5.74, 6) is 0.624. The second-order valence-corrected chi connectivity index (χ2v) is 8.73. The highest BCUT2D eigenvalue weighted by atomic mass is 16.2. The van der Waals surface area contributed by atoms with E-state index >= 15 is 0 Å². The van der Waals surface area contributed by atoms with Crippen molar-refractivity contribution in [2.24, 2.45) is 5.73 Å². The van der Waals surface area contributed by atoms with Crippen molar-refractivity contribution in [3.05, 3.63) is 68.9 Å². The fourth-order valence-corrected chi connectivity index (χ4v) is 4.96. The van der Waals surface area contributed by atoms with E-state index in [0.29, 0.717) is 24.6 Å². The van der Waals surface area contributed by atoms with Crippen molar-refractivity contribution in [2.75, 3.05) is 18.0 Å². The van der Waals surface area contributed by atoms with Gasteiger partial charge >= 0.3 is 5.69 Å². The molecule has 3 heterocycles. The first kappa shape index (κ1) is 21.9. The number of hydrogen-bond donors (Lipinski definition) is 1. The second-order valence-electron chi connectivity index (χ2n) is 8.73. The number of piperidine rings is 1. The number of nitrogens with two attached hydrogens (primary N) is 1. The van der Waals surface area contributed by atoms with E-state index < -0.39 is 11.2 Å². The lowest BCUT2D eigenvalue weighted by molar-refractivity contribution is 0.494. The zero-order chi connectivity index (χ0) is 23.8. The Morgan fingerprint density at radius 2 is 1.91 bits per heavy atom. The van der Waals surface area contributed by atoms with E-state index in [1.807, 2.05) is 54.0 Å². The number of benzene rings is 2. The van der Waals surface area contributed by atoms with Gasteiger partial charge in [0.05, 0.1) is 12.6 Å². The summed E-state index contributed by atoms with van der Waals surface area (Å²) in [7, 11) is 0. The molecule has 1 unspecified atom stereocenters. The van der Waals surface area contributed by atoms with Crippen LogP contribution >= 0.6 is 0 Å². The monoisotopic (exact) mass is 457 g/mol. The van der Waals surface area contributed by atoms with Crippen LogP contribution in [0.2, 0.25) is 0 Å². The Balaban J connectivity index is 1.74. The Hall–Kier alpha value is -3.90. The van der Waals surface area contributed by atoms with E-state index in [4.69, 9.17) is 10.7 Å². The van der Waals surface area contributed by atoms with Crippen LogP contribution in [-0.4, -0.2) is 37.8 Å². The van der Waals surface area contributed by atoms with Crippen LogP contribution in [0.25, 0.3) is 21.9 Å². The predicted molar refractivity (Wildman–Crippen MR) is 132 cm³/mol. The molecule has 9 nitrogen and oxygen atoms in total. The van der Waals surface area contributed by atoms with Crippen molar-refractivity contribution >= 4 is 27.9 Å². The zero-order valence-corrected chi connectivity index (χ0v) is 19.1. The molecule has 0 aliphatic carbocycles. The summed E-state index contributed by atoms with van der Waals surface area (Å²) in [6, 6.07) is 15.8. The van der Waals surface area contributed by atoms with E-state index in [1.54, 1.807) is 0 Å². The van der Waals surface area contributed by atoms with Gasteiger partial charge in [-0.2, -0.15) is 10.2 Å². The number of anilines is 1. The second kappa shape index (κ2) is 8.80. The van der Waals surface area contributed by atoms with Gasteiger partial charge < -0.3 is 15.2 Å². The van der Waals surface area contributed by atoms with Crippen LogP contribution in [0.4, 0.5) is 5.95 Å². The van der Waals surface area contributed by atoms with Gasteiger partial charge in [-0.3, -0.25) is 13.9 Å². The van der Waals surface area contributed by atoms with Crippen molar-refractivity contribution in [2.45, 2.75) is 45.4 Å². The third kappa shape index (κ3) is 3.56. The lowest BCUT2D eigenvalue weighted by Crippen LogP contribution is -2.44.